The number of nitrogens with one attached hydrogen (secondary N) is 1. The van der Waals surface area contributed by atoms with Crippen LogP contribution in [-0.2, 0) is 4.79 Å². The Balaban J connectivity index is 1.76. The van der Waals surface area contributed by atoms with E-state index in [1.807, 2.05) is 48.5 Å². The molecule has 2 amide bonds. The van der Waals surface area contributed by atoms with E-state index in [4.69, 9.17) is 15.5 Å². The minimum absolute atomic E-state index is 0.302. The number of rotatable bonds is 5. The molecule has 1 aromatic heterocycles. The number of ether oxygens (including phenoxy) is 1. The summed E-state index contributed by atoms with van der Waals surface area (Å²) in [4.78, 5) is 30.3. The number of amides is 2. The molecule has 4 rings (SSSR count). The van der Waals surface area contributed by atoms with Gasteiger partial charge in [-0.05, 0) is 49.2 Å². The molecule has 0 saturated heterocycles. The lowest BCUT2D eigenvalue weighted by Crippen LogP contribution is -2.58. The first-order chi connectivity index (χ1) is 14.5. The average Bonchev–Trinajstić information content (AvgIpc) is 2.79. The molecular weight excluding hydrogens is 378 g/mol. The molecule has 30 heavy (non-hydrogen) atoms. The number of nitrogens with two attached hydrogens (primary N) is 1. The molecule has 0 radical (unpaired) electrons. The van der Waals surface area contributed by atoms with Crippen molar-refractivity contribution in [2.75, 3.05) is 7.11 Å². The summed E-state index contributed by atoms with van der Waals surface area (Å²) in [5.74, 6) is -0.0217. The van der Waals surface area contributed by atoms with Gasteiger partial charge in [0.15, 0.2) is 0 Å². The van der Waals surface area contributed by atoms with E-state index >= 15 is 0 Å². The highest BCUT2D eigenvalue weighted by molar-refractivity contribution is 6.08. The molecule has 0 unspecified atom stereocenters. The maximum Gasteiger partial charge on any atom is 0.252 e. The van der Waals surface area contributed by atoms with Gasteiger partial charge >= 0.3 is 0 Å². The number of primary amides is 1. The van der Waals surface area contributed by atoms with Gasteiger partial charge in [-0.1, -0.05) is 37.5 Å². The minimum atomic E-state index is -0.986. The first-order valence-corrected chi connectivity index (χ1v) is 10.2. The lowest BCUT2D eigenvalue weighted by atomic mass is 9.80. The molecule has 0 aliphatic heterocycles. The fourth-order valence-electron chi connectivity index (χ4n) is 4.15. The number of pyridine rings is 1. The molecule has 1 heterocycles. The summed E-state index contributed by atoms with van der Waals surface area (Å²) in [5.41, 5.74) is 7.48. The molecular formula is C24H25N3O3. The van der Waals surface area contributed by atoms with Gasteiger partial charge in [-0.25, -0.2) is 4.98 Å². The SMILES string of the molecule is COc1ccc(-c2cc(C(=O)NC3(C(N)=O)CCCCC3)c3ccccc3n2)cc1. The molecule has 1 aliphatic rings. The molecule has 0 atom stereocenters. The predicted octanol–water partition coefficient (Wildman–Crippen LogP) is 3.83. The summed E-state index contributed by atoms with van der Waals surface area (Å²) < 4.78 is 5.23. The van der Waals surface area contributed by atoms with Gasteiger partial charge in [-0.15, -0.1) is 0 Å². The van der Waals surface area contributed by atoms with Crippen LogP contribution in [0.4, 0.5) is 0 Å². The minimum Gasteiger partial charge on any atom is -0.497 e. The van der Waals surface area contributed by atoms with E-state index in [-0.39, 0.29) is 5.91 Å². The van der Waals surface area contributed by atoms with Crippen molar-refractivity contribution in [1.29, 1.82) is 0 Å². The maximum atomic E-state index is 13.4. The second kappa shape index (κ2) is 8.14. The molecule has 2 aromatic carbocycles. The van der Waals surface area contributed by atoms with E-state index in [1.54, 1.807) is 13.2 Å². The molecule has 0 bridgehead atoms. The number of para-hydroxylation sites is 1. The van der Waals surface area contributed by atoms with Gasteiger partial charge in [0, 0.05) is 10.9 Å². The van der Waals surface area contributed by atoms with Gasteiger partial charge in [0.05, 0.1) is 23.9 Å². The van der Waals surface area contributed by atoms with Crippen LogP contribution in [0.2, 0.25) is 0 Å². The third-order valence-electron chi connectivity index (χ3n) is 5.88. The highest BCUT2D eigenvalue weighted by Crippen LogP contribution is 2.30. The Labute approximate surface area is 175 Å². The molecule has 1 fully saturated rings. The summed E-state index contributed by atoms with van der Waals surface area (Å²) in [5, 5.41) is 3.71. The van der Waals surface area contributed by atoms with Crippen LogP contribution in [0, 0.1) is 0 Å². The van der Waals surface area contributed by atoms with E-state index in [9.17, 15) is 9.59 Å². The molecule has 3 N–H and O–H groups in total. The fraction of sp³-hybridized carbons (Fsp3) is 0.292. The molecule has 3 aromatic rings. The summed E-state index contributed by atoms with van der Waals surface area (Å²) in [7, 11) is 1.62. The Morgan fingerprint density at radius 3 is 2.40 bits per heavy atom. The summed E-state index contributed by atoms with van der Waals surface area (Å²) in [6, 6.07) is 16.8. The van der Waals surface area contributed by atoms with Crippen molar-refractivity contribution in [3.05, 3.63) is 60.2 Å². The third-order valence-corrected chi connectivity index (χ3v) is 5.88. The van der Waals surface area contributed by atoms with Crippen LogP contribution in [0.1, 0.15) is 42.5 Å². The van der Waals surface area contributed by atoms with Gasteiger partial charge in [0.25, 0.3) is 5.91 Å². The van der Waals surface area contributed by atoms with Crippen molar-refractivity contribution in [3.63, 3.8) is 0 Å². The molecule has 1 saturated carbocycles. The molecule has 0 spiro atoms. The molecule has 6 heteroatoms. The van der Waals surface area contributed by atoms with Crippen LogP contribution in [0.3, 0.4) is 0 Å². The van der Waals surface area contributed by atoms with Crippen molar-refractivity contribution < 1.29 is 14.3 Å². The van der Waals surface area contributed by atoms with Gasteiger partial charge in [0.2, 0.25) is 5.91 Å². The second-order valence-electron chi connectivity index (χ2n) is 7.76. The van der Waals surface area contributed by atoms with Crippen molar-refractivity contribution in [3.8, 4) is 17.0 Å². The average molecular weight is 403 g/mol. The summed E-state index contributed by atoms with van der Waals surface area (Å²) in [6.45, 7) is 0. The zero-order valence-corrected chi connectivity index (χ0v) is 17.0. The van der Waals surface area contributed by atoms with E-state index in [2.05, 4.69) is 5.32 Å². The summed E-state index contributed by atoms with van der Waals surface area (Å²) in [6.07, 6.45) is 3.93. The second-order valence-corrected chi connectivity index (χ2v) is 7.76. The lowest BCUT2D eigenvalue weighted by molar-refractivity contribution is -0.125. The number of carbonyl (C=O) groups is 2. The maximum absolute atomic E-state index is 13.4. The van der Waals surface area contributed by atoms with Gasteiger partial charge in [-0.2, -0.15) is 0 Å². The monoisotopic (exact) mass is 403 g/mol. The standard InChI is InChI=1S/C24H25N3O3/c1-30-17-11-9-16(10-12-17)21-15-19(18-7-3-4-8-20(18)26-21)22(28)27-24(23(25)29)13-5-2-6-14-24/h3-4,7-12,15H,2,5-6,13-14H2,1H3,(H2,25,29)(H,27,28). The topological polar surface area (TPSA) is 94.3 Å². The normalized spacial score (nSPS) is 15.5. The smallest absolute Gasteiger partial charge is 0.252 e. The van der Waals surface area contributed by atoms with Crippen molar-refractivity contribution >= 4 is 22.7 Å². The van der Waals surface area contributed by atoms with E-state index in [1.165, 1.54) is 0 Å². The number of carbonyl (C=O) groups excluding carboxylic acids is 2. The first kappa shape index (κ1) is 19.9. The Morgan fingerprint density at radius 1 is 1.03 bits per heavy atom. The van der Waals surface area contributed by atoms with Crippen molar-refractivity contribution in [2.24, 2.45) is 5.73 Å². The van der Waals surface area contributed by atoms with Crippen LogP contribution in [0.25, 0.3) is 22.2 Å². The molecule has 6 nitrogen and oxygen atoms in total. The Morgan fingerprint density at radius 2 is 1.73 bits per heavy atom. The Hall–Kier alpha value is -3.41. The van der Waals surface area contributed by atoms with E-state index < -0.39 is 11.4 Å². The van der Waals surface area contributed by atoms with Crippen LogP contribution in [0.15, 0.2) is 54.6 Å². The summed E-state index contributed by atoms with van der Waals surface area (Å²) >= 11 is 0. The first-order valence-electron chi connectivity index (χ1n) is 10.2. The third kappa shape index (κ3) is 3.73. The Kier molecular flexibility index (Phi) is 5.40. The number of hydrogen-bond acceptors (Lipinski definition) is 4. The van der Waals surface area contributed by atoms with E-state index in [0.717, 1.165) is 36.0 Å². The number of benzene rings is 2. The van der Waals surface area contributed by atoms with Crippen LogP contribution in [0.5, 0.6) is 5.75 Å². The quantitative estimate of drug-likeness (QED) is 0.677. The van der Waals surface area contributed by atoms with Gasteiger partial charge in [-0.3, -0.25) is 9.59 Å². The number of hydrogen-bond donors (Lipinski definition) is 2. The zero-order chi connectivity index (χ0) is 21.1. The van der Waals surface area contributed by atoms with Crippen molar-refractivity contribution in [2.45, 2.75) is 37.6 Å². The number of aromatic nitrogens is 1. The fourth-order valence-corrected chi connectivity index (χ4v) is 4.15. The molecule has 154 valence electrons. The zero-order valence-electron chi connectivity index (χ0n) is 17.0. The van der Waals surface area contributed by atoms with Crippen LogP contribution in [-0.4, -0.2) is 29.4 Å². The highest BCUT2D eigenvalue weighted by atomic mass is 16.5. The Bertz CT molecular complexity index is 1090. The predicted molar refractivity (Wildman–Crippen MR) is 116 cm³/mol. The number of nitrogens with zero attached hydrogens (tertiary/aromatic N) is 1. The van der Waals surface area contributed by atoms with Crippen LogP contribution < -0.4 is 15.8 Å². The van der Waals surface area contributed by atoms with Crippen molar-refractivity contribution in [1.82, 2.24) is 10.3 Å². The van der Waals surface area contributed by atoms with Crippen LogP contribution >= 0.6 is 0 Å². The van der Waals surface area contributed by atoms with Gasteiger partial charge in [0.1, 0.15) is 11.3 Å². The van der Waals surface area contributed by atoms with Gasteiger partial charge < -0.3 is 15.8 Å². The number of fused-ring (bicyclic) bond motifs is 1. The van der Waals surface area contributed by atoms with E-state index in [0.29, 0.717) is 29.6 Å². The lowest BCUT2D eigenvalue weighted by Gasteiger charge is -2.35. The number of methoxy groups -OCH3 is 1. The molecule has 1 aliphatic carbocycles. The highest BCUT2D eigenvalue weighted by Gasteiger charge is 2.39. The largest absolute Gasteiger partial charge is 0.497 e.